The fraction of sp³-hybridized carbons (Fsp3) is 0.423. The summed E-state index contributed by atoms with van der Waals surface area (Å²) in [6.07, 6.45) is -0.355. The van der Waals surface area contributed by atoms with Crippen LogP contribution in [0.15, 0.2) is 54.6 Å². The van der Waals surface area contributed by atoms with Gasteiger partial charge in [0.25, 0.3) is 11.8 Å². The van der Waals surface area contributed by atoms with Crippen LogP contribution in [0.1, 0.15) is 54.0 Å². The van der Waals surface area contributed by atoms with Crippen molar-refractivity contribution in [2.45, 2.75) is 70.6 Å². The smallest absolute Gasteiger partial charge is 0.262 e. The average molecular weight is 465 g/mol. The lowest BCUT2D eigenvalue weighted by atomic mass is 9.92. The highest BCUT2D eigenvalue weighted by Gasteiger charge is 2.63. The van der Waals surface area contributed by atoms with Crippen LogP contribution in [0.5, 0.6) is 0 Å². The van der Waals surface area contributed by atoms with Gasteiger partial charge in [-0.1, -0.05) is 76.3 Å². The topological polar surface area (TPSA) is 66.9 Å². The Labute approximate surface area is 196 Å². The molecule has 174 valence electrons. The molecule has 0 bridgehead atoms. The normalized spacial score (nSPS) is 21.8. The summed E-state index contributed by atoms with van der Waals surface area (Å²) < 4.78 is 8.19. The minimum atomic E-state index is -2.28. The molecule has 1 fully saturated rings. The van der Waals surface area contributed by atoms with E-state index in [2.05, 4.69) is 33.9 Å². The van der Waals surface area contributed by atoms with Crippen LogP contribution in [-0.2, 0) is 16.1 Å². The van der Waals surface area contributed by atoms with Crippen molar-refractivity contribution in [2.24, 2.45) is 0 Å². The van der Waals surface area contributed by atoms with Crippen LogP contribution in [0, 0.1) is 0 Å². The summed E-state index contributed by atoms with van der Waals surface area (Å²) in [4.78, 5) is 41.2. The van der Waals surface area contributed by atoms with Crippen LogP contribution in [0.2, 0.25) is 18.1 Å². The van der Waals surface area contributed by atoms with Crippen molar-refractivity contribution in [3.05, 3.63) is 71.3 Å². The van der Waals surface area contributed by atoms with Crippen LogP contribution in [0.3, 0.4) is 0 Å². The summed E-state index contributed by atoms with van der Waals surface area (Å²) >= 11 is 0. The number of fused-ring (bicyclic) bond motifs is 1. The first-order chi connectivity index (χ1) is 15.5. The fourth-order valence-electron chi connectivity index (χ4n) is 4.59. The number of benzene rings is 2. The maximum atomic E-state index is 13.6. The molecule has 2 aromatic carbocycles. The molecule has 0 radical (unpaired) electrons. The van der Waals surface area contributed by atoms with Gasteiger partial charge in [0.2, 0.25) is 5.91 Å². The van der Waals surface area contributed by atoms with Crippen LogP contribution in [-0.4, -0.2) is 53.6 Å². The molecule has 2 heterocycles. The molecular formula is C26H32N2O4Si. The van der Waals surface area contributed by atoms with Gasteiger partial charge in [0.1, 0.15) is 6.04 Å². The first-order valence-corrected chi connectivity index (χ1v) is 14.4. The molecule has 2 aliphatic rings. The summed E-state index contributed by atoms with van der Waals surface area (Å²) in [5.74, 6) is -0.954. The van der Waals surface area contributed by atoms with Crippen molar-refractivity contribution in [3.63, 3.8) is 0 Å². The number of imide groups is 1. The van der Waals surface area contributed by atoms with Crippen molar-refractivity contribution in [1.29, 1.82) is 0 Å². The molecule has 7 heteroatoms. The molecule has 1 saturated heterocycles. The Hall–Kier alpha value is -2.77. The Bertz CT molecular complexity index is 1060. The Morgan fingerprint density at radius 1 is 0.909 bits per heavy atom. The Balaban J connectivity index is 1.67. The average Bonchev–Trinajstić information content (AvgIpc) is 3.01. The number of rotatable bonds is 6. The summed E-state index contributed by atoms with van der Waals surface area (Å²) in [5.41, 5.74) is 1.75. The fourth-order valence-corrected chi connectivity index (χ4v) is 7.10. The maximum absolute atomic E-state index is 13.6. The van der Waals surface area contributed by atoms with E-state index in [1.807, 2.05) is 41.8 Å². The molecule has 4 rings (SSSR count). The zero-order valence-electron chi connectivity index (χ0n) is 20.2. The van der Waals surface area contributed by atoms with Gasteiger partial charge in [-0.2, -0.15) is 0 Å². The molecule has 6 nitrogen and oxygen atoms in total. The maximum Gasteiger partial charge on any atom is 0.262 e. The summed E-state index contributed by atoms with van der Waals surface area (Å²) in [6, 6.07) is 15.4. The zero-order valence-corrected chi connectivity index (χ0v) is 21.2. The third kappa shape index (κ3) is 3.73. The highest BCUT2D eigenvalue weighted by atomic mass is 28.3. The molecule has 2 aromatic rings. The second-order valence-electron chi connectivity index (χ2n) is 10.5. The van der Waals surface area contributed by atoms with Crippen LogP contribution >= 0.6 is 0 Å². The van der Waals surface area contributed by atoms with Crippen molar-refractivity contribution < 1.29 is 19.1 Å². The Morgan fingerprint density at radius 3 is 1.94 bits per heavy atom. The SMILES string of the molecule is C[C@H](OCc1ccccc1)[C@H]1[C@H](N2C(=O)c3ccccc3C2=O)C(=O)N1[Si](C)(C)C(C)(C)C. The molecule has 0 aliphatic carbocycles. The van der Waals surface area contributed by atoms with Gasteiger partial charge in [0.05, 0.1) is 29.9 Å². The van der Waals surface area contributed by atoms with E-state index < -0.39 is 26.1 Å². The first kappa shape index (κ1) is 23.4. The lowest BCUT2D eigenvalue weighted by molar-refractivity contribution is -0.156. The zero-order chi connectivity index (χ0) is 24.1. The van der Waals surface area contributed by atoms with E-state index in [1.54, 1.807) is 24.3 Å². The number of carbonyl (C=O) groups excluding carboxylic acids is 3. The highest BCUT2D eigenvalue weighted by molar-refractivity contribution is 6.80. The standard InChI is InChI=1S/C26H32N2O4Si/c1-17(32-16-18-12-8-7-9-13-18)21-22(25(31)28(21)33(5,6)26(2,3)4)27-23(29)19-14-10-11-15-20(19)24(27)30/h7-15,17,21-22H,16H2,1-6H3/t17-,21-,22-/m0/s1. The molecule has 3 amide bonds. The quantitative estimate of drug-likeness (QED) is 0.359. The van der Waals surface area contributed by atoms with Crippen LogP contribution < -0.4 is 0 Å². The number of nitrogens with zero attached hydrogens (tertiary/aromatic N) is 2. The monoisotopic (exact) mass is 464 g/mol. The lowest BCUT2D eigenvalue weighted by Crippen LogP contribution is -2.81. The molecule has 2 aliphatic heterocycles. The van der Waals surface area contributed by atoms with Gasteiger partial charge < -0.3 is 9.30 Å². The Morgan fingerprint density at radius 2 is 1.42 bits per heavy atom. The summed E-state index contributed by atoms with van der Waals surface area (Å²) in [5, 5.41) is -0.0903. The molecule has 3 atom stereocenters. The summed E-state index contributed by atoms with van der Waals surface area (Å²) in [6.45, 7) is 13.1. The molecular weight excluding hydrogens is 432 g/mol. The number of hydrogen-bond acceptors (Lipinski definition) is 4. The number of amides is 3. The Kier molecular flexibility index (Phi) is 5.83. The van der Waals surface area contributed by atoms with Crippen LogP contribution in [0.4, 0.5) is 0 Å². The van der Waals surface area contributed by atoms with Crippen molar-refractivity contribution in [2.75, 3.05) is 0 Å². The van der Waals surface area contributed by atoms with Gasteiger partial charge in [-0.3, -0.25) is 19.3 Å². The molecule has 0 aromatic heterocycles. The van der Waals surface area contributed by atoms with Crippen molar-refractivity contribution in [1.82, 2.24) is 9.47 Å². The van der Waals surface area contributed by atoms with E-state index in [0.717, 1.165) is 5.56 Å². The van der Waals surface area contributed by atoms with E-state index in [-0.39, 0.29) is 23.1 Å². The number of hydrogen-bond donors (Lipinski definition) is 0. The van der Waals surface area contributed by atoms with E-state index in [0.29, 0.717) is 17.7 Å². The molecule has 33 heavy (non-hydrogen) atoms. The molecule has 0 saturated carbocycles. The van der Waals surface area contributed by atoms with E-state index in [4.69, 9.17) is 4.74 Å². The number of carbonyl (C=O) groups is 3. The van der Waals surface area contributed by atoms with E-state index >= 15 is 0 Å². The van der Waals surface area contributed by atoms with Crippen molar-refractivity contribution >= 4 is 26.0 Å². The molecule has 0 N–H and O–H groups in total. The minimum absolute atomic E-state index is 0.0903. The second kappa shape index (κ2) is 8.22. The third-order valence-corrected chi connectivity index (χ3v) is 12.9. The number of ether oxygens (including phenoxy) is 1. The predicted octanol–water partition coefficient (Wildman–Crippen LogP) is 4.47. The second-order valence-corrected chi connectivity index (χ2v) is 15.6. The van der Waals surface area contributed by atoms with E-state index in [1.165, 1.54) is 4.90 Å². The van der Waals surface area contributed by atoms with Gasteiger partial charge in [-0.25, -0.2) is 0 Å². The third-order valence-electron chi connectivity index (χ3n) is 7.49. The van der Waals surface area contributed by atoms with Gasteiger partial charge >= 0.3 is 0 Å². The lowest BCUT2D eigenvalue weighted by Gasteiger charge is -2.60. The van der Waals surface area contributed by atoms with Crippen molar-refractivity contribution in [3.8, 4) is 0 Å². The first-order valence-electron chi connectivity index (χ1n) is 11.4. The van der Waals surface area contributed by atoms with E-state index in [9.17, 15) is 14.4 Å². The molecule has 0 spiro atoms. The predicted molar refractivity (Wildman–Crippen MR) is 129 cm³/mol. The number of β-lactam (4-membered cyclic amide) rings is 1. The summed E-state index contributed by atoms with van der Waals surface area (Å²) in [7, 11) is -2.28. The highest BCUT2D eigenvalue weighted by Crippen LogP contribution is 2.46. The van der Waals surface area contributed by atoms with Gasteiger partial charge in [0, 0.05) is 0 Å². The largest absolute Gasteiger partial charge is 0.372 e. The minimum Gasteiger partial charge on any atom is -0.372 e. The van der Waals surface area contributed by atoms with Gasteiger partial charge in [-0.05, 0) is 29.7 Å². The molecule has 0 unspecified atom stereocenters. The van der Waals surface area contributed by atoms with Gasteiger partial charge in [0.15, 0.2) is 8.24 Å². The van der Waals surface area contributed by atoms with Gasteiger partial charge in [-0.15, -0.1) is 0 Å². The van der Waals surface area contributed by atoms with Crippen LogP contribution in [0.25, 0.3) is 0 Å².